The topological polar surface area (TPSA) is 115 Å². The van der Waals surface area contributed by atoms with Crippen molar-refractivity contribution in [2.24, 2.45) is 5.16 Å². The Hall–Kier alpha value is -3.28. The number of anilines is 1. The number of amides is 1. The van der Waals surface area contributed by atoms with Gasteiger partial charge in [0.15, 0.2) is 0 Å². The Kier molecular flexibility index (Phi) is 7.72. The summed E-state index contributed by atoms with van der Waals surface area (Å²) in [6.07, 6.45) is 1.41. The molecule has 0 aliphatic rings. The summed E-state index contributed by atoms with van der Waals surface area (Å²) in [7, 11) is -2.23. The number of nitrogens with one attached hydrogen (secondary N) is 2. The SMILES string of the molecule is CN(c1cccc2cc(C(=O)NCC(C)(C=NO)SCc3ccccc3)[nH]c12)S(=O)(=O)c1cccs1. The zero-order valence-corrected chi connectivity index (χ0v) is 22.2. The van der Waals surface area contributed by atoms with E-state index in [9.17, 15) is 18.4 Å². The van der Waals surface area contributed by atoms with Crippen molar-refractivity contribution in [3.8, 4) is 0 Å². The molecular weight excluding hydrogens is 517 g/mol. The number of thioether (sulfide) groups is 1. The second-order valence-electron chi connectivity index (χ2n) is 8.34. The van der Waals surface area contributed by atoms with E-state index in [2.05, 4.69) is 15.5 Å². The molecule has 0 saturated heterocycles. The molecule has 2 heterocycles. The Morgan fingerprint density at radius 3 is 2.67 bits per heavy atom. The number of benzene rings is 2. The zero-order valence-electron chi connectivity index (χ0n) is 19.7. The zero-order chi connectivity index (χ0) is 25.8. The number of fused-ring (bicyclic) bond motifs is 1. The van der Waals surface area contributed by atoms with Crippen molar-refractivity contribution in [1.29, 1.82) is 0 Å². The minimum absolute atomic E-state index is 0.224. The molecule has 0 spiro atoms. The summed E-state index contributed by atoms with van der Waals surface area (Å²) in [5, 5.41) is 17.7. The van der Waals surface area contributed by atoms with E-state index in [0.717, 1.165) is 16.9 Å². The first-order valence-electron chi connectivity index (χ1n) is 11.0. The molecule has 0 radical (unpaired) electrons. The first kappa shape index (κ1) is 25.8. The fourth-order valence-electron chi connectivity index (χ4n) is 3.63. The summed E-state index contributed by atoms with van der Waals surface area (Å²) in [6, 6.07) is 20.1. The summed E-state index contributed by atoms with van der Waals surface area (Å²) in [6.45, 7) is 2.11. The number of thiophene rings is 1. The maximum atomic E-state index is 13.0. The molecule has 3 N–H and O–H groups in total. The Morgan fingerprint density at radius 1 is 1.19 bits per heavy atom. The molecule has 0 aliphatic carbocycles. The lowest BCUT2D eigenvalue weighted by Gasteiger charge is -2.24. The fraction of sp³-hybridized carbons (Fsp3) is 0.200. The van der Waals surface area contributed by atoms with Gasteiger partial charge in [0.25, 0.3) is 15.9 Å². The number of rotatable bonds is 10. The van der Waals surface area contributed by atoms with Crippen LogP contribution in [0, 0.1) is 0 Å². The van der Waals surface area contributed by atoms with Crippen molar-refractivity contribution >= 4 is 61.8 Å². The van der Waals surface area contributed by atoms with Crippen LogP contribution in [0.25, 0.3) is 10.9 Å². The summed E-state index contributed by atoms with van der Waals surface area (Å²) < 4.78 is 26.9. The van der Waals surface area contributed by atoms with Crippen molar-refractivity contribution < 1.29 is 18.4 Å². The lowest BCUT2D eigenvalue weighted by atomic mass is 10.2. The molecule has 0 bridgehead atoms. The highest BCUT2D eigenvalue weighted by Crippen LogP contribution is 2.31. The van der Waals surface area contributed by atoms with Gasteiger partial charge in [-0.25, -0.2) is 8.42 Å². The Labute approximate surface area is 218 Å². The van der Waals surface area contributed by atoms with Gasteiger partial charge >= 0.3 is 0 Å². The molecule has 11 heteroatoms. The van der Waals surface area contributed by atoms with Crippen molar-refractivity contribution in [3.05, 3.63) is 83.4 Å². The first-order chi connectivity index (χ1) is 17.2. The van der Waals surface area contributed by atoms with E-state index < -0.39 is 14.8 Å². The third kappa shape index (κ3) is 5.58. The third-order valence-electron chi connectivity index (χ3n) is 5.67. The van der Waals surface area contributed by atoms with Crippen molar-refractivity contribution in [2.75, 3.05) is 17.9 Å². The monoisotopic (exact) mass is 542 g/mol. The van der Waals surface area contributed by atoms with Crippen LogP contribution in [-0.4, -0.2) is 49.1 Å². The van der Waals surface area contributed by atoms with E-state index in [0.29, 0.717) is 28.0 Å². The number of nitrogens with zero attached hydrogens (tertiary/aromatic N) is 2. The molecule has 1 unspecified atom stereocenters. The van der Waals surface area contributed by atoms with Crippen LogP contribution in [0.15, 0.2) is 81.5 Å². The van der Waals surface area contributed by atoms with Crippen molar-refractivity contribution in [2.45, 2.75) is 21.6 Å². The van der Waals surface area contributed by atoms with Gasteiger partial charge in [0.05, 0.1) is 22.2 Å². The van der Waals surface area contributed by atoms with Gasteiger partial charge in [-0.2, -0.15) is 0 Å². The number of carbonyl (C=O) groups is 1. The average Bonchev–Trinajstić information content (AvgIpc) is 3.57. The molecule has 36 heavy (non-hydrogen) atoms. The largest absolute Gasteiger partial charge is 0.411 e. The number of aromatic nitrogens is 1. The van der Waals surface area contributed by atoms with Gasteiger partial charge in [-0.3, -0.25) is 9.10 Å². The predicted octanol–water partition coefficient (Wildman–Crippen LogP) is 4.94. The van der Waals surface area contributed by atoms with Crippen molar-refractivity contribution in [1.82, 2.24) is 10.3 Å². The Bertz CT molecular complexity index is 1470. The highest BCUT2D eigenvalue weighted by molar-refractivity contribution is 8.00. The maximum absolute atomic E-state index is 13.0. The van der Waals surface area contributed by atoms with Crippen molar-refractivity contribution in [3.63, 3.8) is 0 Å². The number of H-pyrrole nitrogens is 1. The smallest absolute Gasteiger partial charge is 0.273 e. The maximum Gasteiger partial charge on any atom is 0.273 e. The minimum Gasteiger partial charge on any atom is -0.411 e. The lowest BCUT2D eigenvalue weighted by Crippen LogP contribution is -2.39. The van der Waals surface area contributed by atoms with E-state index in [1.165, 1.54) is 17.6 Å². The van der Waals surface area contributed by atoms with Crippen LogP contribution in [0.1, 0.15) is 23.0 Å². The highest BCUT2D eigenvalue weighted by atomic mass is 32.2. The van der Waals surface area contributed by atoms with Crippen LogP contribution >= 0.6 is 23.1 Å². The number of hydrogen-bond acceptors (Lipinski definition) is 7. The van der Waals surface area contributed by atoms with E-state index in [1.54, 1.807) is 47.5 Å². The third-order valence-corrected chi connectivity index (χ3v) is 10.2. The molecule has 8 nitrogen and oxygen atoms in total. The molecule has 1 atom stereocenters. The lowest BCUT2D eigenvalue weighted by molar-refractivity contribution is 0.0948. The van der Waals surface area contributed by atoms with E-state index in [4.69, 9.17) is 0 Å². The van der Waals surface area contributed by atoms with Crippen LogP contribution in [0.2, 0.25) is 0 Å². The summed E-state index contributed by atoms with van der Waals surface area (Å²) in [5.74, 6) is 0.332. The molecule has 1 amide bonds. The van der Waals surface area contributed by atoms with E-state index in [1.807, 2.05) is 43.3 Å². The molecule has 188 valence electrons. The molecule has 2 aromatic heterocycles. The summed E-state index contributed by atoms with van der Waals surface area (Å²) >= 11 is 2.69. The number of aromatic amines is 1. The van der Waals surface area contributed by atoms with Crippen LogP contribution in [0.4, 0.5) is 5.69 Å². The molecule has 0 aliphatic heterocycles. The van der Waals surface area contributed by atoms with E-state index in [-0.39, 0.29) is 16.7 Å². The first-order valence-corrected chi connectivity index (χ1v) is 14.3. The number of sulfonamides is 1. The van der Waals surface area contributed by atoms with E-state index >= 15 is 0 Å². The Balaban J connectivity index is 1.51. The van der Waals surface area contributed by atoms with Gasteiger partial charge in [0.1, 0.15) is 9.90 Å². The minimum atomic E-state index is -3.73. The van der Waals surface area contributed by atoms with Gasteiger partial charge < -0.3 is 15.5 Å². The van der Waals surface area contributed by atoms with Gasteiger partial charge in [-0.05, 0) is 36.1 Å². The highest BCUT2D eigenvalue weighted by Gasteiger charge is 2.27. The fourth-order valence-corrected chi connectivity index (χ4v) is 6.98. The number of hydrogen-bond donors (Lipinski definition) is 3. The summed E-state index contributed by atoms with van der Waals surface area (Å²) in [4.78, 5) is 16.1. The number of carbonyl (C=O) groups excluding carboxylic acids is 1. The van der Waals surface area contributed by atoms with Gasteiger partial charge in [-0.15, -0.1) is 28.3 Å². The molecule has 0 saturated carbocycles. The molecule has 4 aromatic rings. The molecule has 4 rings (SSSR count). The van der Waals surface area contributed by atoms with Crippen LogP contribution in [-0.2, 0) is 15.8 Å². The normalized spacial score (nSPS) is 13.6. The Morgan fingerprint density at radius 2 is 1.97 bits per heavy atom. The molecule has 2 aromatic carbocycles. The second-order valence-corrected chi connectivity index (χ2v) is 13.0. The standard InChI is InChI=1S/C25H26N4O4S3/c1-25(17-27-31,35-15-18-8-4-3-5-9-18)16-26-24(30)20-14-19-10-6-11-21(23(19)28-20)29(2)36(32,33)22-12-7-13-34-22/h3-14,17,28,31H,15-16H2,1-2H3,(H,26,30). The molecular formula is C25H26N4O4S3. The van der Waals surface area contributed by atoms with Gasteiger partial charge in [-0.1, -0.05) is 48.5 Å². The summed E-state index contributed by atoms with van der Waals surface area (Å²) in [5.41, 5.74) is 2.41. The van der Waals surface area contributed by atoms with Crippen LogP contribution in [0.5, 0.6) is 0 Å². The van der Waals surface area contributed by atoms with Crippen LogP contribution < -0.4 is 9.62 Å². The number of oxime groups is 1. The molecule has 0 fully saturated rings. The average molecular weight is 543 g/mol. The van der Waals surface area contributed by atoms with Crippen LogP contribution in [0.3, 0.4) is 0 Å². The predicted molar refractivity (Wildman–Crippen MR) is 147 cm³/mol. The number of para-hydroxylation sites is 1. The van der Waals surface area contributed by atoms with Gasteiger partial charge in [0.2, 0.25) is 0 Å². The quantitative estimate of drug-likeness (QED) is 0.149. The van der Waals surface area contributed by atoms with Gasteiger partial charge in [0, 0.05) is 24.7 Å². The second kappa shape index (κ2) is 10.8.